The molecule has 8 nitrogen and oxygen atoms in total. The number of amides is 1. The molecular formula is C25H26N6O2S. The first-order valence-corrected chi connectivity index (χ1v) is 11.9. The smallest absolute Gasteiger partial charge is 0.273 e. The number of aromatic nitrogens is 5. The Balaban J connectivity index is 1.51. The Bertz CT molecular complexity index is 1240. The first-order valence-electron chi connectivity index (χ1n) is 10.9. The molecule has 0 radical (unpaired) electrons. The lowest BCUT2D eigenvalue weighted by atomic mass is 10.1. The van der Waals surface area contributed by atoms with Gasteiger partial charge in [-0.3, -0.25) is 4.79 Å². The summed E-state index contributed by atoms with van der Waals surface area (Å²) in [4.78, 5) is 22.0. The van der Waals surface area contributed by atoms with Gasteiger partial charge in [0.05, 0.1) is 18.5 Å². The zero-order valence-electron chi connectivity index (χ0n) is 19.4. The molecule has 9 heteroatoms. The Hall–Kier alpha value is -3.72. The van der Waals surface area contributed by atoms with Crippen molar-refractivity contribution >= 4 is 17.7 Å². The predicted molar refractivity (Wildman–Crippen MR) is 131 cm³/mol. The van der Waals surface area contributed by atoms with Crippen molar-refractivity contribution in [1.29, 1.82) is 0 Å². The lowest BCUT2D eigenvalue weighted by molar-refractivity contribution is 0.0948. The number of nitrogens with one attached hydrogen (secondary N) is 1. The van der Waals surface area contributed by atoms with Gasteiger partial charge in [-0.15, -0.1) is 5.10 Å². The highest BCUT2D eigenvalue weighted by Gasteiger charge is 2.21. The van der Waals surface area contributed by atoms with Gasteiger partial charge in [-0.05, 0) is 56.2 Å². The fourth-order valence-corrected chi connectivity index (χ4v) is 4.41. The lowest BCUT2D eigenvalue weighted by Gasteiger charge is -2.09. The predicted octanol–water partition coefficient (Wildman–Crippen LogP) is 3.95. The molecule has 0 atom stereocenters. The Kier molecular flexibility index (Phi) is 7.54. The highest BCUT2D eigenvalue weighted by molar-refractivity contribution is 7.98. The summed E-state index contributed by atoms with van der Waals surface area (Å²) in [6, 6.07) is 19.4. The summed E-state index contributed by atoms with van der Waals surface area (Å²) in [6.07, 6.45) is 0.697. The number of benzene rings is 2. The van der Waals surface area contributed by atoms with Crippen molar-refractivity contribution in [2.24, 2.45) is 0 Å². The van der Waals surface area contributed by atoms with E-state index in [2.05, 4.69) is 25.6 Å². The highest BCUT2D eigenvalue weighted by atomic mass is 32.2. The molecule has 0 fully saturated rings. The van der Waals surface area contributed by atoms with Crippen LogP contribution >= 0.6 is 11.8 Å². The average molecular weight is 475 g/mol. The minimum Gasteiger partial charge on any atom is -0.497 e. The van der Waals surface area contributed by atoms with Crippen LogP contribution in [0, 0.1) is 13.8 Å². The van der Waals surface area contributed by atoms with E-state index in [1.54, 1.807) is 11.8 Å². The zero-order chi connectivity index (χ0) is 23.9. The molecule has 0 saturated carbocycles. The van der Waals surface area contributed by atoms with Gasteiger partial charge in [-0.1, -0.05) is 47.3 Å². The zero-order valence-corrected chi connectivity index (χ0v) is 20.2. The van der Waals surface area contributed by atoms with E-state index in [-0.39, 0.29) is 5.91 Å². The van der Waals surface area contributed by atoms with Gasteiger partial charge in [0.15, 0.2) is 10.9 Å². The lowest BCUT2D eigenvalue weighted by Crippen LogP contribution is -2.27. The number of ether oxygens (including phenoxy) is 1. The van der Waals surface area contributed by atoms with Gasteiger partial charge in [0.25, 0.3) is 5.91 Å². The maximum absolute atomic E-state index is 13.0. The molecule has 2 heterocycles. The Morgan fingerprint density at radius 3 is 2.41 bits per heavy atom. The third-order valence-electron chi connectivity index (χ3n) is 5.14. The number of carbonyl (C=O) groups is 1. The fraction of sp³-hybridized carbons (Fsp3) is 0.240. The Morgan fingerprint density at radius 1 is 1.03 bits per heavy atom. The molecule has 0 bridgehead atoms. The van der Waals surface area contributed by atoms with E-state index in [1.807, 2.05) is 74.5 Å². The van der Waals surface area contributed by atoms with Crippen molar-refractivity contribution < 1.29 is 9.53 Å². The summed E-state index contributed by atoms with van der Waals surface area (Å²) in [7, 11) is 1.64. The second kappa shape index (κ2) is 10.9. The number of rotatable bonds is 9. The van der Waals surface area contributed by atoms with Crippen LogP contribution in [0.1, 0.15) is 33.1 Å². The van der Waals surface area contributed by atoms with Crippen LogP contribution < -0.4 is 10.1 Å². The van der Waals surface area contributed by atoms with Crippen molar-refractivity contribution in [3.63, 3.8) is 0 Å². The van der Waals surface area contributed by atoms with Gasteiger partial charge in [0.2, 0.25) is 0 Å². The van der Waals surface area contributed by atoms with Gasteiger partial charge < -0.3 is 10.1 Å². The number of carbonyl (C=O) groups excluding carboxylic acids is 1. The van der Waals surface area contributed by atoms with Crippen LogP contribution in [0.15, 0.2) is 65.8 Å². The van der Waals surface area contributed by atoms with Crippen LogP contribution in [0.3, 0.4) is 0 Å². The summed E-state index contributed by atoms with van der Waals surface area (Å²) >= 11 is 1.46. The monoisotopic (exact) mass is 474 g/mol. The maximum atomic E-state index is 13.0. The molecule has 174 valence electrons. The van der Waals surface area contributed by atoms with Crippen molar-refractivity contribution in [1.82, 2.24) is 30.3 Å². The SMILES string of the molecule is COc1ccc(CCNC(=O)c2nnn(-c3ccccc3)c2CSc2nc(C)cc(C)n2)cc1. The van der Waals surface area contributed by atoms with Crippen LogP contribution in [0.2, 0.25) is 0 Å². The fourth-order valence-electron chi connectivity index (χ4n) is 3.47. The van der Waals surface area contributed by atoms with Gasteiger partial charge in [0, 0.05) is 23.7 Å². The van der Waals surface area contributed by atoms with E-state index in [1.165, 1.54) is 11.8 Å². The molecule has 34 heavy (non-hydrogen) atoms. The largest absolute Gasteiger partial charge is 0.497 e. The Morgan fingerprint density at radius 2 is 1.74 bits per heavy atom. The van der Waals surface area contributed by atoms with Crippen molar-refractivity contribution in [3.05, 3.63) is 89.0 Å². The molecule has 0 aliphatic heterocycles. The van der Waals surface area contributed by atoms with Crippen LogP contribution in [-0.4, -0.2) is 44.5 Å². The van der Waals surface area contributed by atoms with Gasteiger partial charge >= 0.3 is 0 Å². The molecule has 1 amide bonds. The van der Waals surface area contributed by atoms with Gasteiger partial charge in [-0.25, -0.2) is 14.6 Å². The van der Waals surface area contributed by atoms with Crippen LogP contribution in [0.4, 0.5) is 0 Å². The van der Waals surface area contributed by atoms with Crippen LogP contribution in [-0.2, 0) is 12.2 Å². The molecule has 2 aromatic carbocycles. The number of hydrogen-bond acceptors (Lipinski definition) is 7. The number of methoxy groups -OCH3 is 1. The van der Waals surface area contributed by atoms with Gasteiger partial charge in [0.1, 0.15) is 5.75 Å². The number of hydrogen-bond donors (Lipinski definition) is 1. The molecule has 1 N–H and O–H groups in total. The van der Waals surface area contributed by atoms with E-state index < -0.39 is 0 Å². The second-order valence-electron chi connectivity index (χ2n) is 7.71. The average Bonchev–Trinajstić information content (AvgIpc) is 3.27. The normalized spacial score (nSPS) is 10.8. The molecule has 0 unspecified atom stereocenters. The van der Waals surface area contributed by atoms with Gasteiger partial charge in [-0.2, -0.15) is 0 Å². The molecule has 0 spiro atoms. The van der Waals surface area contributed by atoms with E-state index in [0.717, 1.165) is 28.4 Å². The summed E-state index contributed by atoms with van der Waals surface area (Å²) in [5, 5.41) is 12.1. The number of thioether (sulfide) groups is 1. The molecule has 2 aromatic heterocycles. The molecule has 0 saturated heterocycles. The quantitative estimate of drug-likeness (QED) is 0.290. The number of para-hydroxylation sites is 1. The molecule has 4 rings (SSSR count). The summed E-state index contributed by atoms with van der Waals surface area (Å²) in [5.41, 5.74) is 4.75. The standard InChI is InChI=1S/C25H26N6O2S/c1-17-15-18(2)28-25(27-17)34-16-22-23(29-30-31(22)20-7-5-4-6-8-20)24(32)26-14-13-19-9-11-21(33-3)12-10-19/h4-12,15H,13-14,16H2,1-3H3,(H,26,32). The summed E-state index contributed by atoms with van der Waals surface area (Å²) in [6.45, 7) is 4.36. The first-order chi connectivity index (χ1) is 16.5. The highest BCUT2D eigenvalue weighted by Crippen LogP contribution is 2.23. The van der Waals surface area contributed by atoms with Crippen LogP contribution in [0.5, 0.6) is 5.75 Å². The van der Waals surface area contributed by atoms with E-state index in [9.17, 15) is 4.79 Å². The summed E-state index contributed by atoms with van der Waals surface area (Å²) < 4.78 is 6.89. The number of aryl methyl sites for hydroxylation is 2. The van der Waals surface area contributed by atoms with E-state index in [4.69, 9.17) is 4.74 Å². The third-order valence-corrected chi connectivity index (χ3v) is 6.00. The molecule has 4 aromatic rings. The Labute approximate surface area is 202 Å². The van der Waals surface area contributed by atoms with E-state index in [0.29, 0.717) is 35.3 Å². The molecule has 0 aliphatic carbocycles. The minimum absolute atomic E-state index is 0.257. The maximum Gasteiger partial charge on any atom is 0.273 e. The third kappa shape index (κ3) is 5.79. The second-order valence-corrected chi connectivity index (χ2v) is 8.65. The summed E-state index contributed by atoms with van der Waals surface area (Å²) in [5.74, 6) is 0.999. The number of nitrogens with zero attached hydrogens (tertiary/aromatic N) is 5. The minimum atomic E-state index is -0.257. The van der Waals surface area contributed by atoms with Crippen molar-refractivity contribution in [3.8, 4) is 11.4 Å². The topological polar surface area (TPSA) is 94.8 Å². The van der Waals surface area contributed by atoms with Crippen molar-refractivity contribution in [2.75, 3.05) is 13.7 Å². The van der Waals surface area contributed by atoms with Crippen LogP contribution in [0.25, 0.3) is 5.69 Å². The molecular weight excluding hydrogens is 448 g/mol. The van der Waals surface area contributed by atoms with Crippen molar-refractivity contribution in [2.45, 2.75) is 31.2 Å². The van der Waals surface area contributed by atoms with E-state index >= 15 is 0 Å². The molecule has 0 aliphatic rings. The first kappa shape index (κ1) is 23.4.